The van der Waals surface area contributed by atoms with Crippen LogP contribution in [0.1, 0.15) is 4.88 Å². The second kappa shape index (κ2) is 8.83. The highest BCUT2D eigenvalue weighted by atomic mass is 32.1. The largest absolute Gasteiger partial charge is 0.363 e. The molecule has 0 radical (unpaired) electrons. The molecule has 0 aliphatic carbocycles. The van der Waals surface area contributed by atoms with E-state index in [1.54, 1.807) is 11.3 Å². The van der Waals surface area contributed by atoms with Gasteiger partial charge in [-0.3, -0.25) is 4.57 Å². The van der Waals surface area contributed by atoms with E-state index in [1.165, 1.54) is 15.6 Å². The molecule has 0 saturated heterocycles. The summed E-state index contributed by atoms with van der Waals surface area (Å²) >= 11 is 1.63. The summed E-state index contributed by atoms with van der Waals surface area (Å²) in [6.07, 6.45) is 3.78. The molecule has 4 rings (SSSR count). The summed E-state index contributed by atoms with van der Waals surface area (Å²) in [6.45, 7) is 0.501. The van der Waals surface area contributed by atoms with Gasteiger partial charge in [-0.25, -0.2) is 18.9 Å². The first-order valence-electron chi connectivity index (χ1n) is 9.75. The van der Waals surface area contributed by atoms with Crippen molar-refractivity contribution in [2.75, 3.05) is 25.5 Å². The lowest BCUT2D eigenvalue weighted by Crippen LogP contribution is -2.26. The number of nitrogens with zero attached hydrogens (tertiary/aromatic N) is 5. The molecule has 3 aromatic heterocycles. The Morgan fingerprint density at radius 3 is 2.71 bits per heavy atom. The van der Waals surface area contributed by atoms with Crippen LogP contribution in [0.3, 0.4) is 0 Å². The Hall–Kier alpha value is -3.30. The molecule has 0 aliphatic heterocycles. The molecule has 0 fully saturated rings. The Balaban J connectivity index is 1.56. The first-order chi connectivity index (χ1) is 15.0. The van der Waals surface area contributed by atoms with E-state index < -0.39 is 0 Å². The number of fused-ring (bicyclic) bond motifs is 1. The van der Waals surface area contributed by atoms with Gasteiger partial charge in [0.1, 0.15) is 12.1 Å². The van der Waals surface area contributed by atoms with Crippen LogP contribution in [0.4, 0.5) is 10.2 Å². The van der Waals surface area contributed by atoms with E-state index in [9.17, 15) is 9.18 Å². The maximum absolute atomic E-state index is 12.8. The number of nitrogens with two attached hydrogens (primary N) is 1. The van der Waals surface area contributed by atoms with Crippen molar-refractivity contribution in [3.63, 3.8) is 0 Å². The van der Waals surface area contributed by atoms with Gasteiger partial charge < -0.3 is 10.6 Å². The standard InChI is InChI=1S/C22H23FN6OS/c1-27(2)21-6-4-17(11-25-21)16-3-5-20-18(7-16)8-19(31-20)13-28-14-26-29(22(28)30)12-15(9-23)10-24/h3-9,11,14H,10,12-13,24H2,1-2H3/b15-9+. The molecule has 0 atom stereocenters. The fourth-order valence-electron chi connectivity index (χ4n) is 3.27. The van der Waals surface area contributed by atoms with Gasteiger partial charge in [-0.1, -0.05) is 6.07 Å². The summed E-state index contributed by atoms with van der Waals surface area (Å²) in [4.78, 5) is 20.0. The molecule has 7 nitrogen and oxygen atoms in total. The zero-order valence-electron chi connectivity index (χ0n) is 17.3. The minimum atomic E-state index is -0.294. The van der Waals surface area contributed by atoms with Crippen molar-refractivity contribution in [1.29, 1.82) is 0 Å². The van der Waals surface area contributed by atoms with Gasteiger partial charge >= 0.3 is 5.69 Å². The molecule has 0 aliphatic rings. The van der Waals surface area contributed by atoms with Crippen molar-refractivity contribution in [3.8, 4) is 11.1 Å². The monoisotopic (exact) mass is 438 g/mol. The molecule has 31 heavy (non-hydrogen) atoms. The maximum Gasteiger partial charge on any atom is 0.346 e. The van der Waals surface area contributed by atoms with Gasteiger partial charge in [0.05, 0.1) is 19.4 Å². The van der Waals surface area contributed by atoms with E-state index in [1.807, 2.05) is 31.3 Å². The van der Waals surface area contributed by atoms with Gasteiger partial charge in [0, 0.05) is 42.0 Å². The summed E-state index contributed by atoms with van der Waals surface area (Å²) < 4.78 is 16.6. The maximum atomic E-state index is 12.8. The van der Waals surface area contributed by atoms with Crippen molar-refractivity contribution in [1.82, 2.24) is 19.3 Å². The fraction of sp³-hybridized carbons (Fsp3) is 0.227. The van der Waals surface area contributed by atoms with Gasteiger partial charge in [-0.2, -0.15) is 5.10 Å². The lowest BCUT2D eigenvalue weighted by atomic mass is 10.1. The van der Waals surface area contributed by atoms with E-state index in [0.29, 0.717) is 18.4 Å². The third-order valence-corrected chi connectivity index (χ3v) is 6.10. The Morgan fingerprint density at radius 1 is 1.23 bits per heavy atom. The summed E-state index contributed by atoms with van der Waals surface area (Å²) in [5.41, 5.74) is 7.63. The van der Waals surface area contributed by atoms with Crippen molar-refractivity contribution >= 4 is 27.2 Å². The summed E-state index contributed by atoms with van der Waals surface area (Å²) in [6, 6.07) is 12.4. The Labute approximate surface area is 182 Å². The van der Waals surface area contributed by atoms with Gasteiger partial charge in [0.25, 0.3) is 0 Å². The van der Waals surface area contributed by atoms with Gasteiger partial charge in [0.2, 0.25) is 0 Å². The molecule has 0 spiro atoms. The highest BCUT2D eigenvalue weighted by molar-refractivity contribution is 7.19. The molecule has 160 valence electrons. The zero-order chi connectivity index (χ0) is 22.0. The average molecular weight is 439 g/mol. The predicted octanol–water partition coefficient (Wildman–Crippen LogP) is 3.25. The Bertz CT molecular complexity index is 1290. The Kier molecular flexibility index (Phi) is 5.97. The molecule has 4 aromatic rings. The van der Waals surface area contributed by atoms with Crippen LogP contribution in [-0.2, 0) is 13.1 Å². The van der Waals surface area contributed by atoms with Crippen LogP contribution in [0.2, 0.25) is 0 Å². The molecule has 0 saturated carbocycles. The highest BCUT2D eigenvalue weighted by Gasteiger charge is 2.10. The van der Waals surface area contributed by atoms with E-state index >= 15 is 0 Å². The number of anilines is 1. The second-order valence-corrected chi connectivity index (χ2v) is 8.60. The van der Waals surface area contributed by atoms with E-state index in [2.05, 4.69) is 40.4 Å². The predicted molar refractivity (Wildman–Crippen MR) is 123 cm³/mol. The van der Waals surface area contributed by atoms with Crippen molar-refractivity contribution in [2.24, 2.45) is 5.73 Å². The topological polar surface area (TPSA) is 82.0 Å². The van der Waals surface area contributed by atoms with Crippen LogP contribution in [-0.4, -0.2) is 40.0 Å². The van der Waals surface area contributed by atoms with Crippen LogP contribution in [0, 0.1) is 0 Å². The average Bonchev–Trinajstić information content (AvgIpc) is 3.34. The van der Waals surface area contributed by atoms with Crippen molar-refractivity contribution < 1.29 is 4.39 Å². The minimum Gasteiger partial charge on any atom is -0.363 e. The summed E-state index contributed by atoms with van der Waals surface area (Å²) in [5, 5.41) is 5.18. The fourth-order valence-corrected chi connectivity index (χ4v) is 4.31. The number of hydrogen-bond donors (Lipinski definition) is 1. The molecule has 0 unspecified atom stereocenters. The molecule has 2 N–H and O–H groups in total. The molecule has 3 heterocycles. The lowest BCUT2D eigenvalue weighted by molar-refractivity contribution is 0.604. The number of rotatable bonds is 7. The van der Waals surface area contributed by atoms with Crippen LogP contribution < -0.4 is 16.3 Å². The number of aromatic nitrogens is 4. The number of thiophene rings is 1. The lowest BCUT2D eigenvalue weighted by Gasteiger charge is -2.11. The van der Waals surface area contributed by atoms with Crippen molar-refractivity contribution in [2.45, 2.75) is 13.1 Å². The Morgan fingerprint density at radius 2 is 2.03 bits per heavy atom. The van der Waals surface area contributed by atoms with Crippen molar-refractivity contribution in [3.05, 3.63) is 76.2 Å². The molecular formula is C22H23FN6OS. The van der Waals surface area contributed by atoms with Crippen LogP contribution in [0.5, 0.6) is 0 Å². The van der Waals surface area contributed by atoms with Crippen LogP contribution in [0.25, 0.3) is 21.2 Å². The summed E-state index contributed by atoms with van der Waals surface area (Å²) in [5.74, 6) is 0.911. The van der Waals surface area contributed by atoms with E-state index in [-0.39, 0.29) is 18.8 Å². The molecular weight excluding hydrogens is 415 g/mol. The first kappa shape index (κ1) is 21.0. The SMILES string of the molecule is CN(C)c1ccc(-c2ccc3sc(Cn4cnn(C/C(=C/F)CN)c4=O)cc3c2)cn1. The molecule has 0 amide bonds. The normalized spacial score (nSPS) is 11.9. The second-order valence-electron chi connectivity index (χ2n) is 7.44. The summed E-state index contributed by atoms with van der Waals surface area (Å²) in [7, 11) is 3.93. The first-order valence-corrected chi connectivity index (χ1v) is 10.6. The third kappa shape index (κ3) is 4.42. The number of benzene rings is 1. The number of hydrogen-bond acceptors (Lipinski definition) is 6. The quantitative estimate of drug-likeness (QED) is 0.479. The third-order valence-electron chi connectivity index (χ3n) is 5.00. The molecule has 0 bridgehead atoms. The van der Waals surface area contributed by atoms with Crippen LogP contribution in [0.15, 0.2) is 65.6 Å². The van der Waals surface area contributed by atoms with Crippen LogP contribution >= 0.6 is 11.3 Å². The van der Waals surface area contributed by atoms with Gasteiger partial charge in [0.15, 0.2) is 0 Å². The zero-order valence-corrected chi connectivity index (χ0v) is 18.1. The smallest absolute Gasteiger partial charge is 0.346 e. The number of halogens is 1. The highest BCUT2D eigenvalue weighted by Crippen LogP contribution is 2.30. The number of pyridine rings is 1. The molecule has 9 heteroatoms. The molecule has 1 aromatic carbocycles. The van der Waals surface area contributed by atoms with E-state index in [4.69, 9.17) is 5.73 Å². The van der Waals surface area contributed by atoms with Gasteiger partial charge in [-0.15, -0.1) is 11.3 Å². The van der Waals surface area contributed by atoms with E-state index in [0.717, 1.165) is 31.9 Å². The minimum absolute atomic E-state index is 0.0435. The van der Waals surface area contributed by atoms with Gasteiger partial charge in [-0.05, 0) is 46.9 Å².